The number of hydrogen-bond acceptors (Lipinski definition) is 0. The van der Waals surface area contributed by atoms with Crippen LogP contribution < -0.4 is 0 Å². The minimum absolute atomic E-state index is 1.17. The smallest absolute Gasteiger partial charge is 0.0199 e. The van der Waals surface area contributed by atoms with Crippen LogP contribution >= 0.6 is 0 Å². The van der Waals surface area contributed by atoms with Crippen LogP contribution in [0.4, 0.5) is 0 Å². The molecule has 0 heteroatoms. The molecule has 0 fully saturated rings. The highest BCUT2D eigenvalue weighted by Crippen LogP contribution is 2.15. The van der Waals surface area contributed by atoms with Gasteiger partial charge in [-0.2, -0.15) is 0 Å². The summed E-state index contributed by atoms with van der Waals surface area (Å²) in [5.41, 5.74) is 5.42. The second-order valence-electron chi connectivity index (χ2n) is 5.13. The van der Waals surface area contributed by atoms with E-state index in [1.54, 1.807) is 0 Å². The molecule has 0 unspecified atom stereocenters. The predicted octanol–water partition coefficient (Wildman–Crippen LogP) is 5.19. The van der Waals surface area contributed by atoms with Crippen molar-refractivity contribution in [2.24, 2.45) is 0 Å². The summed E-state index contributed by atoms with van der Waals surface area (Å²) in [4.78, 5) is 0. The fourth-order valence-corrected chi connectivity index (χ4v) is 2.33. The third-order valence-electron chi connectivity index (χ3n) is 3.37. The molecule has 0 nitrogen and oxygen atoms in total. The van der Waals surface area contributed by atoms with E-state index in [1.807, 2.05) is 0 Å². The SMILES string of the molecule is CCCc1ccc([CH]c2ccc(CCC)cc2)cc1. The Morgan fingerprint density at radius 3 is 1.32 bits per heavy atom. The van der Waals surface area contributed by atoms with E-state index in [0.29, 0.717) is 0 Å². The second kappa shape index (κ2) is 7.13. The molecule has 0 aliphatic rings. The monoisotopic (exact) mass is 251 g/mol. The van der Waals surface area contributed by atoms with Crippen molar-refractivity contribution in [1.29, 1.82) is 0 Å². The highest BCUT2D eigenvalue weighted by atomic mass is 14.0. The van der Waals surface area contributed by atoms with Crippen LogP contribution in [0.2, 0.25) is 0 Å². The molecule has 0 atom stereocenters. The van der Waals surface area contributed by atoms with E-state index in [4.69, 9.17) is 0 Å². The Bertz CT molecular complexity index is 429. The molecule has 0 saturated carbocycles. The quantitative estimate of drug-likeness (QED) is 0.662. The van der Waals surface area contributed by atoms with Gasteiger partial charge < -0.3 is 0 Å². The Balaban J connectivity index is 1.99. The zero-order valence-electron chi connectivity index (χ0n) is 12.0. The van der Waals surface area contributed by atoms with E-state index in [-0.39, 0.29) is 0 Å². The van der Waals surface area contributed by atoms with Gasteiger partial charge in [-0.15, -0.1) is 0 Å². The summed E-state index contributed by atoms with van der Waals surface area (Å²) in [5.74, 6) is 0. The molecule has 0 spiro atoms. The summed E-state index contributed by atoms with van der Waals surface area (Å²) >= 11 is 0. The van der Waals surface area contributed by atoms with Crippen LogP contribution in [-0.2, 0) is 12.8 Å². The molecule has 0 bridgehead atoms. The van der Waals surface area contributed by atoms with Crippen molar-refractivity contribution in [2.75, 3.05) is 0 Å². The highest BCUT2D eigenvalue weighted by molar-refractivity contribution is 5.39. The minimum atomic E-state index is 1.17. The van der Waals surface area contributed by atoms with Gasteiger partial charge in [-0.3, -0.25) is 0 Å². The molecular formula is C19H23. The summed E-state index contributed by atoms with van der Waals surface area (Å²) in [6.45, 7) is 4.44. The van der Waals surface area contributed by atoms with E-state index < -0.39 is 0 Å². The average Bonchev–Trinajstić information content (AvgIpc) is 2.44. The molecule has 0 amide bonds. The van der Waals surface area contributed by atoms with Gasteiger partial charge in [0.1, 0.15) is 0 Å². The maximum absolute atomic E-state index is 2.24. The normalized spacial score (nSPS) is 10.6. The molecule has 2 aromatic carbocycles. The van der Waals surface area contributed by atoms with Crippen LogP contribution in [0.5, 0.6) is 0 Å². The molecular weight excluding hydrogens is 228 g/mol. The number of aryl methyl sites for hydroxylation is 2. The van der Waals surface area contributed by atoms with Gasteiger partial charge in [0.15, 0.2) is 0 Å². The summed E-state index contributed by atoms with van der Waals surface area (Å²) in [6.07, 6.45) is 7.01. The van der Waals surface area contributed by atoms with E-state index in [2.05, 4.69) is 68.8 Å². The van der Waals surface area contributed by atoms with Crippen molar-refractivity contribution in [1.82, 2.24) is 0 Å². The lowest BCUT2D eigenvalue weighted by molar-refractivity contribution is 0.921. The molecule has 0 aliphatic carbocycles. The molecule has 0 aliphatic heterocycles. The van der Waals surface area contributed by atoms with Crippen LogP contribution in [0, 0.1) is 6.42 Å². The maximum Gasteiger partial charge on any atom is 0.0199 e. The molecule has 1 radical (unpaired) electrons. The van der Waals surface area contributed by atoms with Gasteiger partial charge >= 0.3 is 0 Å². The van der Waals surface area contributed by atoms with Gasteiger partial charge in [0.2, 0.25) is 0 Å². The number of hydrogen-bond donors (Lipinski definition) is 0. The Labute approximate surface area is 117 Å². The Morgan fingerprint density at radius 1 is 0.632 bits per heavy atom. The van der Waals surface area contributed by atoms with Gasteiger partial charge in [0.25, 0.3) is 0 Å². The maximum atomic E-state index is 2.24. The van der Waals surface area contributed by atoms with E-state index in [1.165, 1.54) is 47.9 Å². The molecule has 0 saturated heterocycles. The predicted molar refractivity (Wildman–Crippen MR) is 83.4 cm³/mol. The summed E-state index contributed by atoms with van der Waals surface area (Å²) in [7, 11) is 0. The Morgan fingerprint density at radius 2 is 1.00 bits per heavy atom. The lowest BCUT2D eigenvalue weighted by Gasteiger charge is -2.05. The first-order valence-electron chi connectivity index (χ1n) is 7.34. The van der Waals surface area contributed by atoms with Gasteiger partial charge in [-0.25, -0.2) is 0 Å². The lowest BCUT2D eigenvalue weighted by Crippen LogP contribution is -1.89. The third-order valence-corrected chi connectivity index (χ3v) is 3.37. The summed E-state index contributed by atoms with van der Waals surface area (Å²) in [6, 6.07) is 17.8. The zero-order valence-corrected chi connectivity index (χ0v) is 12.0. The van der Waals surface area contributed by atoms with Crippen LogP contribution in [0.1, 0.15) is 48.9 Å². The topological polar surface area (TPSA) is 0 Å². The first kappa shape index (κ1) is 13.9. The largest absolute Gasteiger partial charge is 0.0651 e. The highest BCUT2D eigenvalue weighted by Gasteiger charge is 1.98. The minimum Gasteiger partial charge on any atom is -0.0651 e. The van der Waals surface area contributed by atoms with Gasteiger partial charge in [0.05, 0.1) is 0 Å². The number of rotatable bonds is 6. The van der Waals surface area contributed by atoms with E-state index >= 15 is 0 Å². The Kier molecular flexibility index (Phi) is 5.20. The van der Waals surface area contributed by atoms with Crippen molar-refractivity contribution in [3.63, 3.8) is 0 Å². The van der Waals surface area contributed by atoms with Crippen LogP contribution in [0.3, 0.4) is 0 Å². The summed E-state index contributed by atoms with van der Waals surface area (Å²) in [5, 5.41) is 0. The van der Waals surface area contributed by atoms with Crippen molar-refractivity contribution >= 4 is 0 Å². The van der Waals surface area contributed by atoms with Crippen LogP contribution in [0.15, 0.2) is 48.5 Å². The summed E-state index contributed by atoms with van der Waals surface area (Å²) < 4.78 is 0. The molecule has 99 valence electrons. The van der Waals surface area contributed by atoms with Crippen molar-refractivity contribution in [3.8, 4) is 0 Å². The molecule has 0 heterocycles. The van der Waals surface area contributed by atoms with Crippen LogP contribution in [-0.4, -0.2) is 0 Å². The van der Waals surface area contributed by atoms with Gasteiger partial charge in [0, 0.05) is 6.42 Å². The van der Waals surface area contributed by atoms with E-state index in [9.17, 15) is 0 Å². The van der Waals surface area contributed by atoms with Crippen LogP contribution in [0.25, 0.3) is 0 Å². The Hall–Kier alpha value is -1.56. The third kappa shape index (κ3) is 4.24. The van der Waals surface area contributed by atoms with Gasteiger partial charge in [-0.05, 0) is 35.1 Å². The lowest BCUT2D eigenvalue weighted by atomic mass is 10.0. The molecule has 2 rings (SSSR count). The fourth-order valence-electron chi connectivity index (χ4n) is 2.33. The first-order valence-corrected chi connectivity index (χ1v) is 7.34. The first-order chi connectivity index (χ1) is 9.31. The average molecular weight is 251 g/mol. The standard InChI is InChI=1S/C19H23/c1-3-5-16-7-11-18(12-8-16)15-19-13-9-17(6-4-2)10-14-19/h7-15H,3-6H2,1-2H3. The molecule has 0 aromatic heterocycles. The second-order valence-corrected chi connectivity index (χ2v) is 5.13. The molecule has 2 aromatic rings. The van der Waals surface area contributed by atoms with Crippen molar-refractivity contribution in [3.05, 3.63) is 77.2 Å². The molecule has 0 N–H and O–H groups in total. The van der Waals surface area contributed by atoms with Gasteiger partial charge in [-0.1, -0.05) is 75.2 Å². The molecule has 19 heavy (non-hydrogen) atoms. The zero-order chi connectivity index (χ0) is 13.5. The fraction of sp³-hybridized carbons (Fsp3) is 0.316. The number of benzene rings is 2. The van der Waals surface area contributed by atoms with Crippen molar-refractivity contribution in [2.45, 2.75) is 39.5 Å². The van der Waals surface area contributed by atoms with Crippen molar-refractivity contribution < 1.29 is 0 Å². The van der Waals surface area contributed by atoms with E-state index in [0.717, 1.165) is 0 Å².